The minimum Gasteiger partial charge on any atom is -0.324 e. The van der Waals surface area contributed by atoms with Crippen LogP contribution in [0, 0.1) is 0 Å². The standard InChI is InChI=1S/C14H15N/c1-3-12-8-7-9-14(13(12)4-2)15-10-5-6-11-15/h3,5-11H,1,4H2,2H3. The molecule has 15 heavy (non-hydrogen) atoms. The highest BCUT2D eigenvalue weighted by atomic mass is 14.9. The van der Waals surface area contributed by atoms with Crippen molar-refractivity contribution in [2.24, 2.45) is 0 Å². The van der Waals surface area contributed by atoms with Gasteiger partial charge in [0, 0.05) is 18.1 Å². The highest BCUT2D eigenvalue weighted by molar-refractivity contribution is 5.59. The van der Waals surface area contributed by atoms with Gasteiger partial charge in [0.05, 0.1) is 0 Å². The topological polar surface area (TPSA) is 4.93 Å². The van der Waals surface area contributed by atoms with E-state index in [1.165, 1.54) is 16.8 Å². The Kier molecular flexibility index (Phi) is 2.72. The van der Waals surface area contributed by atoms with Crippen LogP contribution in [0.5, 0.6) is 0 Å². The van der Waals surface area contributed by atoms with E-state index in [2.05, 4.69) is 48.7 Å². The van der Waals surface area contributed by atoms with Crippen molar-refractivity contribution in [2.45, 2.75) is 13.3 Å². The SMILES string of the molecule is C=Cc1cccc(-n2cccc2)c1CC. The van der Waals surface area contributed by atoms with E-state index in [0.29, 0.717) is 0 Å². The monoisotopic (exact) mass is 197 g/mol. The van der Waals surface area contributed by atoms with E-state index in [1.54, 1.807) is 0 Å². The lowest BCUT2D eigenvalue weighted by Crippen LogP contribution is -1.98. The number of nitrogens with zero attached hydrogens (tertiary/aromatic N) is 1. The maximum Gasteiger partial charge on any atom is 0.0487 e. The minimum atomic E-state index is 1.02. The van der Waals surface area contributed by atoms with E-state index in [-0.39, 0.29) is 0 Å². The van der Waals surface area contributed by atoms with Crippen molar-refractivity contribution in [3.8, 4) is 5.69 Å². The highest BCUT2D eigenvalue weighted by Crippen LogP contribution is 2.20. The van der Waals surface area contributed by atoms with E-state index in [9.17, 15) is 0 Å². The molecule has 0 radical (unpaired) electrons. The van der Waals surface area contributed by atoms with Crippen LogP contribution < -0.4 is 0 Å². The van der Waals surface area contributed by atoms with Crippen molar-refractivity contribution in [3.05, 3.63) is 60.4 Å². The van der Waals surface area contributed by atoms with Crippen molar-refractivity contribution >= 4 is 6.08 Å². The Morgan fingerprint density at radius 1 is 1.20 bits per heavy atom. The number of hydrogen-bond acceptors (Lipinski definition) is 0. The van der Waals surface area contributed by atoms with Crippen molar-refractivity contribution in [1.82, 2.24) is 4.57 Å². The van der Waals surface area contributed by atoms with Gasteiger partial charge in [-0.05, 0) is 35.7 Å². The number of hydrogen-bond donors (Lipinski definition) is 0. The Labute approximate surface area is 90.7 Å². The minimum absolute atomic E-state index is 1.02. The van der Waals surface area contributed by atoms with Gasteiger partial charge in [0.25, 0.3) is 0 Å². The molecule has 1 nitrogen and oxygen atoms in total. The summed E-state index contributed by atoms with van der Waals surface area (Å²) in [4.78, 5) is 0. The molecule has 0 unspecified atom stereocenters. The molecule has 0 saturated carbocycles. The van der Waals surface area contributed by atoms with Crippen molar-refractivity contribution in [3.63, 3.8) is 0 Å². The molecular formula is C14H15N. The average Bonchev–Trinajstić information content (AvgIpc) is 2.81. The second-order valence-corrected chi connectivity index (χ2v) is 3.49. The highest BCUT2D eigenvalue weighted by Gasteiger charge is 2.04. The molecule has 0 aliphatic carbocycles. The second-order valence-electron chi connectivity index (χ2n) is 3.49. The lowest BCUT2D eigenvalue weighted by atomic mass is 10.0. The Hall–Kier alpha value is -1.76. The zero-order chi connectivity index (χ0) is 10.7. The predicted octanol–water partition coefficient (Wildman–Crippen LogP) is 3.68. The van der Waals surface area contributed by atoms with Gasteiger partial charge in [0.1, 0.15) is 0 Å². The van der Waals surface area contributed by atoms with Gasteiger partial charge in [-0.15, -0.1) is 0 Å². The molecule has 0 fully saturated rings. The summed E-state index contributed by atoms with van der Waals surface area (Å²) in [5.74, 6) is 0. The van der Waals surface area contributed by atoms with Gasteiger partial charge < -0.3 is 4.57 Å². The van der Waals surface area contributed by atoms with E-state index in [0.717, 1.165) is 6.42 Å². The largest absolute Gasteiger partial charge is 0.324 e. The first-order valence-corrected chi connectivity index (χ1v) is 5.24. The van der Waals surface area contributed by atoms with Gasteiger partial charge in [0.15, 0.2) is 0 Å². The molecule has 0 bridgehead atoms. The molecule has 1 aromatic heterocycles. The Morgan fingerprint density at radius 2 is 1.93 bits per heavy atom. The van der Waals surface area contributed by atoms with Crippen LogP contribution in [-0.2, 0) is 6.42 Å². The molecule has 1 heteroatoms. The predicted molar refractivity (Wildman–Crippen MR) is 65.2 cm³/mol. The van der Waals surface area contributed by atoms with E-state index >= 15 is 0 Å². The molecule has 0 atom stereocenters. The number of benzene rings is 1. The third-order valence-corrected chi connectivity index (χ3v) is 2.64. The fraction of sp³-hybridized carbons (Fsp3) is 0.143. The summed E-state index contributed by atoms with van der Waals surface area (Å²) in [5.41, 5.74) is 3.83. The van der Waals surface area contributed by atoms with Crippen molar-refractivity contribution in [2.75, 3.05) is 0 Å². The van der Waals surface area contributed by atoms with Crippen LogP contribution in [0.2, 0.25) is 0 Å². The quantitative estimate of drug-likeness (QED) is 0.707. The smallest absolute Gasteiger partial charge is 0.0487 e. The first-order chi connectivity index (χ1) is 7.36. The molecule has 0 aliphatic rings. The molecule has 2 aromatic rings. The Balaban J connectivity index is 2.61. The van der Waals surface area contributed by atoms with Crippen LogP contribution >= 0.6 is 0 Å². The van der Waals surface area contributed by atoms with Gasteiger partial charge in [0.2, 0.25) is 0 Å². The van der Waals surface area contributed by atoms with Gasteiger partial charge in [-0.1, -0.05) is 31.7 Å². The second kappa shape index (κ2) is 4.18. The fourth-order valence-corrected chi connectivity index (χ4v) is 1.91. The molecule has 0 amide bonds. The lowest BCUT2D eigenvalue weighted by Gasteiger charge is -2.11. The van der Waals surface area contributed by atoms with Gasteiger partial charge in [-0.25, -0.2) is 0 Å². The van der Waals surface area contributed by atoms with Crippen LogP contribution in [0.25, 0.3) is 11.8 Å². The summed E-state index contributed by atoms with van der Waals surface area (Å²) < 4.78 is 2.14. The third-order valence-electron chi connectivity index (χ3n) is 2.64. The van der Waals surface area contributed by atoms with Crippen LogP contribution in [0.4, 0.5) is 0 Å². The normalized spacial score (nSPS) is 10.2. The van der Waals surface area contributed by atoms with E-state index in [4.69, 9.17) is 0 Å². The maximum atomic E-state index is 3.85. The molecular weight excluding hydrogens is 182 g/mol. The zero-order valence-electron chi connectivity index (χ0n) is 8.98. The van der Waals surface area contributed by atoms with Crippen molar-refractivity contribution < 1.29 is 0 Å². The summed E-state index contributed by atoms with van der Waals surface area (Å²) in [6, 6.07) is 10.4. The molecule has 0 saturated heterocycles. The maximum absolute atomic E-state index is 3.85. The summed E-state index contributed by atoms with van der Waals surface area (Å²) in [6.45, 7) is 6.03. The van der Waals surface area contributed by atoms with Crippen molar-refractivity contribution in [1.29, 1.82) is 0 Å². The molecule has 0 N–H and O–H groups in total. The molecule has 1 heterocycles. The van der Waals surface area contributed by atoms with E-state index in [1.807, 2.05) is 18.2 Å². The van der Waals surface area contributed by atoms with Gasteiger partial charge in [-0.2, -0.15) is 0 Å². The first-order valence-electron chi connectivity index (χ1n) is 5.24. The summed E-state index contributed by atoms with van der Waals surface area (Å²) >= 11 is 0. The van der Waals surface area contributed by atoms with Crippen LogP contribution in [-0.4, -0.2) is 4.57 Å². The van der Waals surface area contributed by atoms with Crippen LogP contribution in [0.15, 0.2) is 49.3 Å². The molecule has 1 aromatic carbocycles. The van der Waals surface area contributed by atoms with Gasteiger partial charge in [-0.3, -0.25) is 0 Å². The Morgan fingerprint density at radius 3 is 2.53 bits per heavy atom. The molecule has 2 rings (SSSR count). The average molecular weight is 197 g/mol. The van der Waals surface area contributed by atoms with Crippen LogP contribution in [0.1, 0.15) is 18.1 Å². The van der Waals surface area contributed by atoms with E-state index < -0.39 is 0 Å². The zero-order valence-corrected chi connectivity index (χ0v) is 8.98. The summed E-state index contributed by atoms with van der Waals surface area (Å²) in [5, 5.41) is 0. The third kappa shape index (κ3) is 1.73. The molecule has 0 aliphatic heterocycles. The number of rotatable bonds is 3. The molecule has 0 spiro atoms. The lowest BCUT2D eigenvalue weighted by molar-refractivity contribution is 1.01. The molecule has 76 valence electrons. The number of aromatic nitrogens is 1. The van der Waals surface area contributed by atoms with Crippen LogP contribution in [0.3, 0.4) is 0 Å². The fourth-order valence-electron chi connectivity index (χ4n) is 1.91. The summed E-state index contributed by atoms with van der Waals surface area (Å²) in [7, 11) is 0. The summed E-state index contributed by atoms with van der Waals surface area (Å²) in [6.07, 6.45) is 7.09. The first kappa shape index (κ1) is 9.78. The van der Waals surface area contributed by atoms with Gasteiger partial charge >= 0.3 is 0 Å². The Bertz CT molecular complexity index is 452.